The number of benzene rings is 1. The molecule has 0 aromatic heterocycles. The Hall–Kier alpha value is -1.84. The van der Waals surface area contributed by atoms with Gasteiger partial charge in [0.05, 0.1) is 6.42 Å². The van der Waals surface area contributed by atoms with Gasteiger partial charge in [0.1, 0.15) is 0 Å². The van der Waals surface area contributed by atoms with Crippen molar-refractivity contribution in [2.24, 2.45) is 0 Å². The van der Waals surface area contributed by atoms with E-state index in [1.54, 1.807) is 6.92 Å². The number of aryl methyl sites for hydroxylation is 1. The molecule has 2 rings (SSSR count). The van der Waals surface area contributed by atoms with Crippen molar-refractivity contribution in [1.82, 2.24) is 5.32 Å². The summed E-state index contributed by atoms with van der Waals surface area (Å²) < 4.78 is 5.24. The van der Waals surface area contributed by atoms with Crippen LogP contribution in [0.1, 0.15) is 50.2 Å². The first kappa shape index (κ1) is 16.5. The van der Waals surface area contributed by atoms with E-state index in [0.717, 1.165) is 36.8 Å². The summed E-state index contributed by atoms with van der Waals surface area (Å²) in [6, 6.07) is 7.97. The molecule has 1 aromatic carbocycles. The molecule has 1 N–H and O–H groups in total. The number of ether oxygens (including phenoxy) is 1. The van der Waals surface area contributed by atoms with Gasteiger partial charge >= 0.3 is 5.97 Å². The van der Waals surface area contributed by atoms with E-state index in [1.807, 2.05) is 31.2 Å². The van der Waals surface area contributed by atoms with E-state index in [1.165, 1.54) is 6.42 Å². The van der Waals surface area contributed by atoms with E-state index in [0.29, 0.717) is 0 Å². The molecular formula is C18H25NO3. The van der Waals surface area contributed by atoms with Crippen LogP contribution >= 0.6 is 0 Å². The third-order valence-corrected chi connectivity index (χ3v) is 4.10. The second-order valence-electron chi connectivity index (χ2n) is 6.14. The Bertz CT molecular complexity index is 504. The van der Waals surface area contributed by atoms with Gasteiger partial charge in [0.15, 0.2) is 6.10 Å². The molecule has 1 atom stereocenters. The summed E-state index contributed by atoms with van der Waals surface area (Å²) in [5, 5.41) is 2.98. The van der Waals surface area contributed by atoms with Gasteiger partial charge < -0.3 is 10.1 Å². The van der Waals surface area contributed by atoms with Crippen LogP contribution in [0.2, 0.25) is 0 Å². The van der Waals surface area contributed by atoms with Crippen molar-refractivity contribution in [2.45, 2.75) is 64.5 Å². The lowest BCUT2D eigenvalue weighted by molar-refractivity contribution is -0.154. The molecular weight excluding hydrogens is 278 g/mol. The zero-order valence-corrected chi connectivity index (χ0v) is 13.4. The second kappa shape index (κ2) is 7.97. The highest BCUT2D eigenvalue weighted by atomic mass is 16.5. The highest BCUT2D eigenvalue weighted by Gasteiger charge is 2.22. The average Bonchev–Trinajstić information content (AvgIpc) is 2.50. The number of hydrogen-bond acceptors (Lipinski definition) is 3. The van der Waals surface area contributed by atoms with Crippen molar-refractivity contribution in [3.63, 3.8) is 0 Å². The van der Waals surface area contributed by atoms with Crippen LogP contribution in [0.5, 0.6) is 0 Å². The topological polar surface area (TPSA) is 55.4 Å². The number of carbonyl (C=O) groups is 2. The van der Waals surface area contributed by atoms with E-state index in [2.05, 4.69) is 5.32 Å². The first-order valence-corrected chi connectivity index (χ1v) is 8.10. The molecule has 4 heteroatoms. The smallest absolute Gasteiger partial charge is 0.311 e. The molecule has 22 heavy (non-hydrogen) atoms. The maximum Gasteiger partial charge on any atom is 0.311 e. The van der Waals surface area contributed by atoms with E-state index >= 15 is 0 Å². The standard InChI is InChI=1S/C18H25NO3/c1-13-8-10-15(11-9-13)12-17(20)22-14(2)18(21)19-16-6-4-3-5-7-16/h8-11,14,16H,3-7,12H2,1-2H3,(H,19,21)/t14-/m1/s1. The normalized spacial score (nSPS) is 16.8. The number of amides is 1. The summed E-state index contributed by atoms with van der Waals surface area (Å²) in [5.74, 6) is -0.556. The molecule has 0 spiro atoms. The van der Waals surface area contributed by atoms with Crippen molar-refractivity contribution in [2.75, 3.05) is 0 Å². The number of carbonyl (C=O) groups excluding carboxylic acids is 2. The minimum atomic E-state index is -0.736. The molecule has 1 saturated carbocycles. The number of rotatable bonds is 5. The van der Waals surface area contributed by atoms with Crippen LogP contribution < -0.4 is 5.32 Å². The maximum atomic E-state index is 12.1. The van der Waals surface area contributed by atoms with Crippen LogP contribution in [-0.4, -0.2) is 24.0 Å². The van der Waals surface area contributed by atoms with Crippen LogP contribution in [-0.2, 0) is 20.7 Å². The van der Waals surface area contributed by atoms with Crippen LogP contribution in [0.3, 0.4) is 0 Å². The molecule has 1 amide bonds. The Labute approximate surface area is 132 Å². The zero-order chi connectivity index (χ0) is 15.9. The quantitative estimate of drug-likeness (QED) is 0.851. The predicted molar refractivity (Wildman–Crippen MR) is 85.5 cm³/mol. The Morgan fingerprint density at radius 3 is 2.45 bits per heavy atom. The second-order valence-corrected chi connectivity index (χ2v) is 6.14. The highest BCUT2D eigenvalue weighted by molar-refractivity contribution is 5.84. The fraction of sp³-hybridized carbons (Fsp3) is 0.556. The van der Waals surface area contributed by atoms with Crippen LogP contribution in [0, 0.1) is 6.92 Å². The molecule has 1 fully saturated rings. The SMILES string of the molecule is Cc1ccc(CC(=O)O[C@H](C)C(=O)NC2CCCCC2)cc1. The largest absolute Gasteiger partial charge is 0.452 e. The van der Waals surface area contributed by atoms with Crippen molar-refractivity contribution in [3.8, 4) is 0 Å². The molecule has 0 radical (unpaired) electrons. The van der Waals surface area contributed by atoms with E-state index in [4.69, 9.17) is 4.74 Å². The Morgan fingerprint density at radius 2 is 1.82 bits per heavy atom. The van der Waals surface area contributed by atoms with Gasteiger partial charge in [-0.2, -0.15) is 0 Å². The van der Waals surface area contributed by atoms with Gasteiger partial charge in [0, 0.05) is 6.04 Å². The van der Waals surface area contributed by atoms with Crippen LogP contribution in [0.4, 0.5) is 0 Å². The lowest BCUT2D eigenvalue weighted by Crippen LogP contribution is -2.42. The first-order chi connectivity index (χ1) is 10.5. The molecule has 1 aliphatic carbocycles. The Morgan fingerprint density at radius 1 is 1.18 bits per heavy atom. The molecule has 0 unspecified atom stereocenters. The third-order valence-electron chi connectivity index (χ3n) is 4.10. The molecule has 1 aromatic rings. The molecule has 0 bridgehead atoms. The van der Waals surface area contributed by atoms with Crippen LogP contribution in [0.25, 0.3) is 0 Å². The summed E-state index contributed by atoms with van der Waals surface area (Å²) in [7, 11) is 0. The lowest BCUT2D eigenvalue weighted by atomic mass is 9.95. The van der Waals surface area contributed by atoms with Crippen molar-refractivity contribution < 1.29 is 14.3 Å². The van der Waals surface area contributed by atoms with Gasteiger partial charge in [-0.25, -0.2) is 0 Å². The van der Waals surface area contributed by atoms with Gasteiger partial charge in [0.2, 0.25) is 0 Å². The minimum Gasteiger partial charge on any atom is -0.452 e. The molecule has 4 nitrogen and oxygen atoms in total. The highest BCUT2D eigenvalue weighted by Crippen LogP contribution is 2.17. The summed E-state index contributed by atoms with van der Waals surface area (Å²) in [6.07, 6.45) is 5.07. The first-order valence-electron chi connectivity index (χ1n) is 8.10. The van der Waals surface area contributed by atoms with Gasteiger partial charge in [-0.15, -0.1) is 0 Å². The molecule has 120 valence electrons. The van der Waals surface area contributed by atoms with E-state index in [9.17, 15) is 9.59 Å². The third kappa shape index (κ3) is 5.17. The van der Waals surface area contributed by atoms with Gasteiger partial charge in [-0.3, -0.25) is 9.59 Å². The van der Waals surface area contributed by atoms with E-state index in [-0.39, 0.29) is 24.3 Å². The predicted octanol–water partition coefficient (Wildman–Crippen LogP) is 2.92. The van der Waals surface area contributed by atoms with Gasteiger partial charge in [-0.05, 0) is 32.3 Å². The van der Waals surface area contributed by atoms with E-state index < -0.39 is 6.10 Å². The summed E-state index contributed by atoms with van der Waals surface area (Å²) >= 11 is 0. The average molecular weight is 303 g/mol. The lowest BCUT2D eigenvalue weighted by Gasteiger charge is -2.24. The van der Waals surface area contributed by atoms with Gasteiger partial charge in [-0.1, -0.05) is 49.1 Å². The summed E-state index contributed by atoms with van der Waals surface area (Å²) in [5.41, 5.74) is 2.05. The Balaban J connectivity index is 1.77. The monoisotopic (exact) mass is 303 g/mol. The molecule has 0 saturated heterocycles. The number of nitrogens with one attached hydrogen (secondary N) is 1. The molecule has 0 heterocycles. The fourth-order valence-corrected chi connectivity index (χ4v) is 2.73. The van der Waals surface area contributed by atoms with Crippen LogP contribution in [0.15, 0.2) is 24.3 Å². The number of hydrogen-bond donors (Lipinski definition) is 1. The summed E-state index contributed by atoms with van der Waals surface area (Å²) in [4.78, 5) is 24.0. The fourth-order valence-electron chi connectivity index (χ4n) is 2.73. The summed E-state index contributed by atoms with van der Waals surface area (Å²) in [6.45, 7) is 3.63. The Kier molecular flexibility index (Phi) is 5.99. The minimum absolute atomic E-state index is 0.191. The van der Waals surface area contributed by atoms with Gasteiger partial charge in [0.25, 0.3) is 5.91 Å². The van der Waals surface area contributed by atoms with Crippen molar-refractivity contribution >= 4 is 11.9 Å². The molecule has 0 aliphatic heterocycles. The maximum absolute atomic E-state index is 12.1. The van der Waals surface area contributed by atoms with Crippen molar-refractivity contribution in [3.05, 3.63) is 35.4 Å². The van der Waals surface area contributed by atoms with Crippen molar-refractivity contribution in [1.29, 1.82) is 0 Å². The number of esters is 1. The zero-order valence-electron chi connectivity index (χ0n) is 13.4. The molecule has 1 aliphatic rings.